The molecule has 1 atom stereocenters. The Balaban J connectivity index is 1.76. The van der Waals surface area contributed by atoms with E-state index in [1.165, 1.54) is 29.6 Å². The maximum absolute atomic E-state index is 12.9. The SMILES string of the molecule is CC(C(=O)Nc1cccc2ncccc12)n1cnc2c1c(=O)n(C)c(=O)n2C. The number of nitrogens with one attached hydrogen (secondary N) is 1. The van der Waals surface area contributed by atoms with Crippen molar-refractivity contribution in [2.45, 2.75) is 13.0 Å². The van der Waals surface area contributed by atoms with Gasteiger partial charge >= 0.3 is 5.69 Å². The van der Waals surface area contributed by atoms with E-state index in [0.717, 1.165) is 15.5 Å². The van der Waals surface area contributed by atoms with Crippen LogP contribution in [0.5, 0.6) is 0 Å². The lowest BCUT2D eigenvalue weighted by Crippen LogP contribution is -2.38. The Morgan fingerprint density at radius 2 is 1.86 bits per heavy atom. The minimum atomic E-state index is -0.720. The molecule has 1 N–H and O–H groups in total. The van der Waals surface area contributed by atoms with Crippen molar-refractivity contribution in [3.05, 3.63) is 63.7 Å². The van der Waals surface area contributed by atoms with Gasteiger partial charge in [-0.05, 0) is 31.2 Å². The lowest BCUT2D eigenvalue weighted by molar-refractivity contribution is -0.118. The van der Waals surface area contributed by atoms with E-state index < -0.39 is 17.3 Å². The number of anilines is 1. The molecule has 1 unspecified atom stereocenters. The predicted octanol–water partition coefficient (Wildman–Crippen LogP) is 1.18. The quantitative estimate of drug-likeness (QED) is 0.577. The van der Waals surface area contributed by atoms with Crippen LogP contribution >= 0.6 is 0 Å². The van der Waals surface area contributed by atoms with Crippen molar-refractivity contribution >= 4 is 33.7 Å². The molecular weight excluding hydrogens is 360 g/mol. The Labute approximate surface area is 158 Å². The molecule has 3 heterocycles. The molecular formula is C19H18N6O3. The van der Waals surface area contributed by atoms with Crippen LogP contribution in [0.2, 0.25) is 0 Å². The van der Waals surface area contributed by atoms with E-state index in [-0.39, 0.29) is 17.1 Å². The fourth-order valence-electron chi connectivity index (χ4n) is 3.23. The summed E-state index contributed by atoms with van der Waals surface area (Å²) in [5.74, 6) is -0.313. The molecule has 9 nitrogen and oxygen atoms in total. The predicted molar refractivity (Wildman–Crippen MR) is 105 cm³/mol. The topological polar surface area (TPSA) is 104 Å². The Kier molecular flexibility index (Phi) is 4.07. The summed E-state index contributed by atoms with van der Waals surface area (Å²) in [6.07, 6.45) is 3.09. The molecule has 0 radical (unpaired) electrons. The Morgan fingerprint density at radius 1 is 1.07 bits per heavy atom. The first-order valence-electron chi connectivity index (χ1n) is 8.67. The number of carbonyl (C=O) groups excluding carboxylic acids is 1. The van der Waals surface area contributed by atoms with Gasteiger partial charge in [-0.3, -0.25) is 23.7 Å². The Hall–Kier alpha value is -3.75. The number of carbonyl (C=O) groups is 1. The average Bonchev–Trinajstić information content (AvgIpc) is 3.15. The molecule has 0 aliphatic heterocycles. The Morgan fingerprint density at radius 3 is 2.64 bits per heavy atom. The van der Waals surface area contributed by atoms with Crippen molar-refractivity contribution in [3.8, 4) is 0 Å². The Bertz CT molecular complexity index is 1340. The summed E-state index contributed by atoms with van der Waals surface area (Å²) in [6, 6.07) is 8.43. The number of rotatable bonds is 3. The molecule has 3 aromatic heterocycles. The van der Waals surface area contributed by atoms with Gasteiger partial charge in [-0.15, -0.1) is 0 Å². The zero-order valence-corrected chi connectivity index (χ0v) is 15.6. The highest BCUT2D eigenvalue weighted by atomic mass is 16.2. The fourth-order valence-corrected chi connectivity index (χ4v) is 3.23. The van der Waals surface area contributed by atoms with Gasteiger partial charge in [-0.25, -0.2) is 9.78 Å². The molecule has 28 heavy (non-hydrogen) atoms. The molecule has 1 aromatic carbocycles. The number of aromatic nitrogens is 5. The summed E-state index contributed by atoms with van der Waals surface area (Å²) >= 11 is 0. The van der Waals surface area contributed by atoms with Crippen molar-refractivity contribution in [2.75, 3.05) is 5.32 Å². The van der Waals surface area contributed by atoms with Crippen LogP contribution < -0.4 is 16.6 Å². The van der Waals surface area contributed by atoms with Gasteiger partial charge in [-0.2, -0.15) is 0 Å². The van der Waals surface area contributed by atoms with E-state index in [1.54, 1.807) is 25.3 Å². The van der Waals surface area contributed by atoms with E-state index in [0.29, 0.717) is 5.69 Å². The molecule has 0 aliphatic carbocycles. The minimum absolute atomic E-state index is 0.201. The molecule has 0 bridgehead atoms. The maximum Gasteiger partial charge on any atom is 0.332 e. The van der Waals surface area contributed by atoms with E-state index >= 15 is 0 Å². The number of benzene rings is 1. The highest BCUT2D eigenvalue weighted by molar-refractivity contribution is 6.02. The van der Waals surface area contributed by atoms with Crippen LogP contribution in [0.25, 0.3) is 22.1 Å². The second-order valence-corrected chi connectivity index (χ2v) is 6.57. The van der Waals surface area contributed by atoms with E-state index in [2.05, 4.69) is 15.3 Å². The summed E-state index contributed by atoms with van der Waals surface area (Å²) in [7, 11) is 2.94. The highest BCUT2D eigenvalue weighted by Gasteiger charge is 2.22. The van der Waals surface area contributed by atoms with Crippen LogP contribution in [-0.2, 0) is 18.9 Å². The van der Waals surface area contributed by atoms with Crippen LogP contribution in [0.15, 0.2) is 52.4 Å². The molecule has 9 heteroatoms. The molecule has 0 saturated heterocycles. The highest BCUT2D eigenvalue weighted by Crippen LogP contribution is 2.23. The number of aryl methyl sites for hydroxylation is 1. The van der Waals surface area contributed by atoms with Crippen LogP contribution in [-0.4, -0.2) is 29.6 Å². The van der Waals surface area contributed by atoms with Gasteiger partial charge in [0.05, 0.1) is 17.5 Å². The molecule has 4 rings (SSSR count). The van der Waals surface area contributed by atoms with Crippen LogP contribution in [0.3, 0.4) is 0 Å². The minimum Gasteiger partial charge on any atom is -0.324 e. The number of hydrogen-bond acceptors (Lipinski definition) is 5. The number of amides is 1. The summed E-state index contributed by atoms with van der Waals surface area (Å²) in [6.45, 7) is 1.67. The number of hydrogen-bond donors (Lipinski definition) is 1. The lowest BCUT2D eigenvalue weighted by atomic mass is 10.1. The van der Waals surface area contributed by atoms with Crippen molar-refractivity contribution in [2.24, 2.45) is 14.1 Å². The second-order valence-electron chi connectivity index (χ2n) is 6.57. The van der Waals surface area contributed by atoms with Crippen LogP contribution in [0, 0.1) is 0 Å². The smallest absolute Gasteiger partial charge is 0.324 e. The third-order valence-corrected chi connectivity index (χ3v) is 4.87. The van der Waals surface area contributed by atoms with Gasteiger partial charge in [0.15, 0.2) is 11.2 Å². The van der Waals surface area contributed by atoms with Gasteiger partial charge in [0.1, 0.15) is 6.04 Å². The molecule has 0 saturated carbocycles. The third kappa shape index (κ3) is 2.59. The summed E-state index contributed by atoms with van der Waals surface area (Å²) < 4.78 is 3.77. The first kappa shape index (κ1) is 17.7. The fraction of sp³-hybridized carbons (Fsp3) is 0.211. The van der Waals surface area contributed by atoms with Gasteiger partial charge < -0.3 is 9.88 Å². The maximum atomic E-state index is 12.9. The van der Waals surface area contributed by atoms with Gasteiger partial charge in [-0.1, -0.05) is 6.07 Å². The van der Waals surface area contributed by atoms with E-state index in [4.69, 9.17) is 0 Å². The van der Waals surface area contributed by atoms with Crippen molar-refractivity contribution < 1.29 is 4.79 Å². The summed E-state index contributed by atoms with van der Waals surface area (Å²) in [5, 5.41) is 3.71. The van der Waals surface area contributed by atoms with Crippen LogP contribution in [0.4, 0.5) is 5.69 Å². The molecule has 0 fully saturated rings. The standard InChI is InChI=1S/C19H18N6O3/c1-11(17(26)22-14-8-4-7-13-12(14)6-5-9-20-13)25-10-21-16-15(25)18(27)24(3)19(28)23(16)2/h4-11H,1-3H3,(H,22,26). The molecule has 1 amide bonds. The zero-order valence-electron chi connectivity index (χ0n) is 15.6. The van der Waals surface area contributed by atoms with E-state index in [1.807, 2.05) is 18.2 Å². The average molecular weight is 378 g/mol. The largest absolute Gasteiger partial charge is 0.332 e. The van der Waals surface area contributed by atoms with Crippen molar-refractivity contribution in [3.63, 3.8) is 0 Å². The number of nitrogens with zero attached hydrogens (tertiary/aromatic N) is 5. The summed E-state index contributed by atoms with van der Waals surface area (Å²) in [5.41, 5.74) is 0.874. The first-order valence-corrected chi connectivity index (χ1v) is 8.67. The zero-order chi connectivity index (χ0) is 20.0. The number of fused-ring (bicyclic) bond motifs is 2. The van der Waals surface area contributed by atoms with Gasteiger partial charge in [0.25, 0.3) is 5.56 Å². The lowest BCUT2D eigenvalue weighted by Gasteiger charge is -2.15. The molecule has 142 valence electrons. The normalized spacial score (nSPS) is 12.4. The second kappa shape index (κ2) is 6.45. The van der Waals surface area contributed by atoms with Crippen molar-refractivity contribution in [1.29, 1.82) is 0 Å². The molecule has 0 spiro atoms. The molecule has 0 aliphatic rings. The number of imidazole rings is 1. The van der Waals surface area contributed by atoms with E-state index in [9.17, 15) is 14.4 Å². The monoisotopic (exact) mass is 378 g/mol. The van der Waals surface area contributed by atoms with Gasteiger partial charge in [0.2, 0.25) is 5.91 Å². The first-order chi connectivity index (χ1) is 13.4. The molecule has 4 aromatic rings. The van der Waals surface area contributed by atoms with Crippen LogP contribution in [0.1, 0.15) is 13.0 Å². The van der Waals surface area contributed by atoms with Gasteiger partial charge in [0, 0.05) is 25.7 Å². The van der Waals surface area contributed by atoms with Crippen molar-refractivity contribution in [1.82, 2.24) is 23.7 Å². The summed E-state index contributed by atoms with van der Waals surface area (Å²) in [4.78, 5) is 46.0. The third-order valence-electron chi connectivity index (χ3n) is 4.87. The number of pyridine rings is 1.